The van der Waals surface area contributed by atoms with Crippen LogP contribution in [-0.2, 0) is 9.47 Å². The predicted octanol–water partition coefficient (Wildman–Crippen LogP) is 11.9. The van der Waals surface area contributed by atoms with Crippen LogP contribution in [0.4, 0.5) is 8.78 Å². The van der Waals surface area contributed by atoms with E-state index in [1.54, 1.807) is 6.07 Å². The van der Waals surface area contributed by atoms with Crippen molar-refractivity contribution >= 4 is 0 Å². The minimum Gasteiger partial charge on any atom is -0.490 e. The largest absolute Gasteiger partial charge is 0.490 e. The zero-order chi connectivity index (χ0) is 33.0. The van der Waals surface area contributed by atoms with Gasteiger partial charge in [0.2, 0.25) is 12.1 Å². The van der Waals surface area contributed by atoms with Crippen molar-refractivity contribution in [3.05, 3.63) is 72.3 Å². The fraction of sp³-hybridized carbons (Fsp3) is 0.550. The highest BCUT2D eigenvalue weighted by Crippen LogP contribution is 2.37. The van der Waals surface area contributed by atoms with E-state index in [0.29, 0.717) is 31.1 Å². The first kappa shape index (κ1) is 37.5. The van der Waals surface area contributed by atoms with Crippen LogP contribution < -0.4 is 9.47 Å². The Bertz CT molecular complexity index is 1250. The van der Waals surface area contributed by atoms with Crippen LogP contribution in [0.3, 0.4) is 0 Å². The predicted molar refractivity (Wildman–Crippen MR) is 186 cm³/mol. The lowest BCUT2D eigenvalue weighted by atomic mass is 9.94. The van der Waals surface area contributed by atoms with Crippen molar-refractivity contribution in [1.82, 2.24) is 0 Å². The van der Waals surface area contributed by atoms with E-state index in [1.807, 2.05) is 48.5 Å². The molecule has 4 nitrogen and oxygen atoms in total. The van der Waals surface area contributed by atoms with Crippen molar-refractivity contribution in [3.8, 4) is 33.8 Å². The number of hydrogen-bond donors (Lipinski definition) is 0. The van der Waals surface area contributed by atoms with E-state index < -0.39 is 17.9 Å². The zero-order valence-electron chi connectivity index (χ0n) is 28.6. The summed E-state index contributed by atoms with van der Waals surface area (Å²) < 4.78 is 55.0. The van der Waals surface area contributed by atoms with E-state index in [4.69, 9.17) is 18.9 Å². The van der Waals surface area contributed by atoms with E-state index >= 15 is 8.78 Å². The Kier molecular flexibility index (Phi) is 17.7. The molecular weight excluding hydrogens is 582 g/mol. The van der Waals surface area contributed by atoms with Crippen LogP contribution in [0, 0.1) is 11.6 Å². The van der Waals surface area contributed by atoms with Crippen LogP contribution in [0.1, 0.15) is 111 Å². The summed E-state index contributed by atoms with van der Waals surface area (Å²) in [4.78, 5) is 0. The van der Waals surface area contributed by atoms with Crippen LogP contribution in [0.15, 0.2) is 60.7 Å². The van der Waals surface area contributed by atoms with Crippen molar-refractivity contribution < 1.29 is 27.7 Å². The van der Waals surface area contributed by atoms with Gasteiger partial charge in [-0.1, -0.05) is 122 Å². The Morgan fingerprint density at radius 3 is 1.80 bits per heavy atom. The van der Waals surface area contributed by atoms with Crippen molar-refractivity contribution in [3.63, 3.8) is 0 Å². The monoisotopic (exact) mass is 638 g/mol. The lowest BCUT2D eigenvalue weighted by molar-refractivity contribution is -0.165. The first-order chi connectivity index (χ1) is 22.5. The molecular formula is C40H56F2O4. The molecule has 0 aliphatic carbocycles. The highest BCUT2D eigenvalue weighted by molar-refractivity contribution is 5.84. The van der Waals surface area contributed by atoms with Crippen LogP contribution >= 0.6 is 0 Å². The van der Waals surface area contributed by atoms with Gasteiger partial charge in [-0.2, -0.15) is 4.39 Å². The minimum absolute atomic E-state index is 0.0417. The highest BCUT2D eigenvalue weighted by atomic mass is 19.2. The molecule has 3 aromatic carbocycles. The Balaban J connectivity index is 1.73. The maximum absolute atomic E-state index is 15.5. The number of rotatable bonds is 24. The van der Waals surface area contributed by atoms with Crippen LogP contribution in [-0.4, -0.2) is 32.2 Å². The summed E-state index contributed by atoms with van der Waals surface area (Å²) in [6.07, 6.45) is 13.2. The first-order valence-electron chi connectivity index (χ1n) is 17.7. The molecule has 0 aromatic heterocycles. The fourth-order valence-electron chi connectivity index (χ4n) is 5.48. The summed E-state index contributed by atoms with van der Waals surface area (Å²) in [6.45, 7) is 10.3. The summed E-state index contributed by atoms with van der Waals surface area (Å²) in [5.41, 5.74) is 2.48. The van der Waals surface area contributed by atoms with E-state index in [9.17, 15) is 0 Å². The van der Waals surface area contributed by atoms with E-state index in [1.165, 1.54) is 25.3 Å². The SMILES string of the molecule is CCCCCCCCOc1ccc(-c2ccccc2-c2ccc(OC(OCCCCC)[C@H](CC)OCCCCC)cc2)c(F)c1F. The maximum Gasteiger partial charge on any atom is 0.226 e. The summed E-state index contributed by atoms with van der Waals surface area (Å²) in [7, 11) is 0. The van der Waals surface area contributed by atoms with Crippen molar-refractivity contribution in [2.45, 2.75) is 124 Å². The normalized spacial score (nSPS) is 12.7. The Morgan fingerprint density at radius 1 is 0.543 bits per heavy atom. The van der Waals surface area contributed by atoms with Gasteiger partial charge in [0.05, 0.1) is 13.2 Å². The van der Waals surface area contributed by atoms with Crippen LogP contribution in [0.2, 0.25) is 0 Å². The number of ether oxygens (including phenoxy) is 4. The molecule has 2 atom stereocenters. The molecule has 0 fully saturated rings. The third-order valence-corrected chi connectivity index (χ3v) is 8.25. The van der Waals surface area contributed by atoms with Gasteiger partial charge >= 0.3 is 0 Å². The second kappa shape index (κ2) is 21.8. The summed E-state index contributed by atoms with van der Waals surface area (Å²) >= 11 is 0. The molecule has 0 saturated heterocycles. The Morgan fingerprint density at radius 2 is 1.13 bits per heavy atom. The molecule has 1 unspecified atom stereocenters. The first-order valence-corrected chi connectivity index (χ1v) is 17.7. The molecule has 254 valence electrons. The van der Waals surface area contributed by atoms with Gasteiger partial charge in [-0.25, -0.2) is 4.39 Å². The molecule has 0 saturated carbocycles. The third-order valence-electron chi connectivity index (χ3n) is 8.25. The summed E-state index contributed by atoms with van der Waals surface area (Å²) in [5.74, 6) is -1.23. The van der Waals surface area contributed by atoms with Gasteiger partial charge in [0.25, 0.3) is 0 Å². The molecule has 0 amide bonds. The van der Waals surface area contributed by atoms with Gasteiger partial charge in [-0.05, 0) is 66.6 Å². The minimum atomic E-state index is -0.950. The van der Waals surface area contributed by atoms with Gasteiger partial charge in [0.15, 0.2) is 11.6 Å². The quantitative estimate of drug-likeness (QED) is 0.0723. The molecule has 0 aliphatic heterocycles. The summed E-state index contributed by atoms with van der Waals surface area (Å²) in [5, 5.41) is 0. The molecule has 0 bridgehead atoms. The number of hydrogen-bond acceptors (Lipinski definition) is 4. The lowest BCUT2D eigenvalue weighted by Crippen LogP contribution is -2.36. The highest BCUT2D eigenvalue weighted by Gasteiger charge is 2.24. The molecule has 0 radical (unpaired) electrons. The molecule has 0 heterocycles. The molecule has 46 heavy (non-hydrogen) atoms. The standard InChI is InChI=1S/C40H56F2O4/c1-5-9-12-13-14-19-29-44-37-27-26-35(38(41)39(37)42)34-21-16-15-20-33(34)31-22-24-32(25-23-31)46-40(45-30-18-11-7-3)36(8-4)43-28-17-10-6-2/h15-16,20-27,36,40H,5-14,17-19,28-30H2,1-4H3/t36-,40?/m0/s1. The van der Waals surface area contributed by atoms with Gasteiger partial charge in [-0.3, -0.25) is 0 Å². The van der Waals surface area contributed by atoms with Gasteiger partial charge in [0.1, 0.15) is 11.9 Å². The zero-order valence-corrected chi connectivity index (χ0v) is 28.6. The van der Waals surface area contributed by atoms with Gasteiger partial charge in [-0.15, -0.1) is 0 Å². The van der Waals surface area contributed by atoms with Gasteiger partial charge < -0.3 is 18.9 Å². The Labute approximate surface area is 276 Å². The van der Waals surface area contributed by atoms with Crippen molar-refractivity contribution in [2.75, 3.05) is 19.8 Å². The second-order valence-electron chi connectivity index (χ2n) is 12.0. The average Bonchev–Trinajstić information content (AvgIpc) is 3.08. The molecule has 0 N–H and O–H groups in total. The Hall–Kier alpha value is -2.96. The van der Waals surface area contributed by atoms with Gasteiger partial charge in [0, 0.05) is 12.2 Å². The fourth-order valence-corrected chi connectivity index (χ4v) is 5.48. The molecule has 3 rings (SSSR count). The lowest BCUT2D eigenvalue weighted by Gasteiger charge is -2.27. The molecule has 3 aromatic rings. The smallest absolute Gasteiger partial charge is 0.226 e. The van der Waals surface area contributed by atoms with E-state index in [-0.39, 0.29) is 17.4 Å². The van der Waals surface area contributed by atoms with E-state index in [2.05, 4.69) is 27.7 Å². The second-order valence-corrected chi connectivity index (χ2v) is 12.0. The van der Waals surface area contributed by atoms with Crippen molar-refractivity contribution in [2.24, 2.45) is 0 Å². The number of unbranched alkanes of at least 4 members (excludes halogenated alkanes) is 9. The number of benzene rings is 3. The van der Waals surface area contributed by atoms with Crippen molar-refractivity contribution in [1.29, 1.82) is 0 Å². The average molecular weight is 639 g/mol. The third kappa shape index (κ3) is 12.0. The van der Waals surface area contributed by atoms with Crippen LogP contribution in [0.25, 0.3) is 22.3 Å². The maximum atomic E-state index is 15.5. The van der Waals surface area contributed by atoms with Crippen LogP contribution in [0.5, 0.6) is 11.5 Å². The molecule has 0 aliphatic rings. The molecule has 0 spiro atoms. The molecule has 6 heteroatoms. The summed E-state index contributed by atoms with van der Waals surface area (Å²) in [6, 6.07) is 18.3. The van der Waals surface area contributed by atoms with E-state index in [0.717, 1.165) is 75.3 Å². The topological polar surface area (TPSA) is 36.9 Å². The number of halogens is 2.